The van der Waals surface area contributed by atoms with Crippen molar-refractivity contribution in [3.8, 4) is 17.2 Å². The molecule has 2 N–H and O–H groups in total. The third-order valence-corrected chi connectivity index (χ3v) is 4.63. The van der Waals surface area contributed by atoms with E-state index in [-0.39, 0.29) is 11.8 Å². The zero-order chi connectivity index (χ0) is 23.5. The lowest BCUT2D eigenvalue weighted by Crippen LogP contribution is -2.48. The van der Waals surface area contributed by atoms with E-state index >= 15 is 0 Å². The molecule has 2 rings (SSSR count). The molecule has 172 valence electrons. The molecule has 0 aliphatic rings. The van der Waals surface area contributed by atoms with Crippen LogP contribution in [0.15, 0.2) is 47.6 Å². The summed E-state index contributed by atoms with van der Waals surface area (Å²) in [5.74, 6) is 0.987. The first kappa shape index (κ1) is 24.7. The molecule has 0 heterocycles. The molecule has 0 fully saturated rings. The second-order valence-corrected chi connectivity index (χ2v) is 7.42. The van der Waals surface area contributed by atoms with E-state index in [1.807, 2.05) is 26.8 Å². The van der Waals surface area contributed by atoms with Crippen LogP contribution in [0.3, 0.4) is 0 Å². The van der Waals surface area contributed by atoms with Crippen molar-refractivity contribution in [1.82, 2.24) is 10.7 Å². The Hall–Kier alpha value is -3.55. The molecule has 2 amide bonds. The van der Waals surface area contributed by atoms with E-state index in [4.69, 9.17) is 14.2 Å². The monoisotopic (exact) mass is 441 g/mol. The minimum atomic E-state index is -0.749. The van der Waals surface area contributed by atoms with Gasteiger partial charge in [-0.25, -0.2) is 5.43 Å². The van der Waals surface area contributed by atoms with Crippen molar-refractivity contribution in [3.63, 3.8) is 0 Å². The molecule has 1 unspecified atom stereocenters. The lowest BCUT2D eigenvalue weighted by atomic mass is 10.0. The van der Waals surface area contributed by atoms with Gasteiger partial charge in [0.2, 0.25) is 0 Å². The first-order chi connectivity index (χ1) is 15.4. The quantitative estimate of drug-likeness (QED) is 0.411. The lowest BCUT2D eigenvalue weighted by Gasteiger charge is -2.20. The summed E-state index contributed by atoms with van der Waals surface area (Å²) in [4.78, 5) is 25.2. The summed E-state index contributed by atoms with van der Waals surface area (Å²) in [5, 5.41) is 6.79. The molecule has 2 aromatic rings. The van der Waals surface area contributed by atoms with Crippen molar-refractivity contribution < 1.29 is 23.8 Å². The lowest BCUT2D eigenvalue weighted by molar-refractivity contribution is -0.123. The van der Waals surface area contributed by atoms with Crippen molar-refractivity contribution in [2.75, 3.05) is 20.8 Å². The van der Waals surface area contributed by atoms with E-state index in [2.05, 4.69) is 15.8 Å². The summed E-state index contributed by atoms with van der Waals surface area (Å²) in [7, 11) is 3.12. The fourth-order valence-electron chi connectivity index (χ4n) is 2.84. The molecular formula is C24H31N3O5. The standard InChI is InChI=1S/C24H31N3O5/c1-6-13-32-20-12-7-17(14-21(20)31-5)15-25-27-24(29)22(16(2)3)26-23(28)18-8-10-19(30-4)11-9-18/h7-12,14-16,22H,6,13H2,1-5H3,(H,26,28)(H,27,29). The van der Waals surface area contributed by atoms with Crippen LogP contribution in [0.1, 0.15) is 43.1 Å². The molecule has 0 radical (unpaired) electrons. The first-order valence-electron chi connectivity index (χ1n) is 10.5. The van der Waals surface area contributed by atoms with Crippen LogP contribution >= 0.6 is 0 Å². The van der Waals surface area contributed by atoms with Gasteiger partial charge < -0.3 is 19.5 Å². The van der Waals surface area contributed by atoms with Gasteiger partial charge in [-0.05, 0) is 60.4 Å². The van der Waals surface area contributed by atoms with Gasteiger partial charge in [-0.2, -0.15) is 5.10 Å². The van der Waals surface area contributed by atoms with Gasteiger partial charge in [-0.15, -0.1) is 0 Å². The van der Waals surface area contributed by atoms with E-state index in [9.17, 15) is 9.59 Å². The molecule has 1 atom stereocenters. The number of nitrogens with zero attached hydrogens (tertiary/aromatic N) is 1. The predicted molar refractivity (Wildman–Crippen MR) is 124 cm³/mol. The zero-order valence-electron chi connectivity index (χ0n) is 19.2. The molecule has 0 aliphatic carbocycles. The Kier molecular flexibility index (Phi) is 9.53. The second kappa shape index (κ2) is 12.3. The largest absolute Gasteiger partial charge is 0.497 e. The molecule has 2 aromatic carbocycles. The minimum Gasteiger partial charge on any atom is -0.497 e. The molecule has 0 bridgehead atoms. The van der Waals surface area contributed by atoms with Crippen molar-refractivity contribution in [2.24, 2.45) is 11.0 Å². The molecule has 0 saturated carbocycles. The molecule has 0 aromatic heterocycles. The Morgan fingerprint density at radius 2 is 1.75 bits per heavy atom. The zero-order valence-corrected chi connectivity index (χ0v) is 19.2. The van der Waals surface area contributed by atoms with Gasteiger partial charge in [0.05, 0.1) is 27.0 Å². The van der Waals surface area contributed by atoms with E-state index < -0.39 is 11.9 Å². The Balaban J connectivity index is 2.01. The topological polar surface area (TPSA) is 98.2 Å². The highest BCUT2D eigenvalue weighted by molar-refractivity contribution is 5.97. The smallest absolute Gasteiger partial charge is 0.262 e. The summed E-state index contributed by atoms with van der Waals surface area (Å²) < 4.78 is 16.1. The summed E-state index contributed by atoms with van der Waals surface area (Å²) in [6.45, 7) is 6.32. The molecule has 32 heavy (non-hydrogen) atoms. The molecule has 8 heteroatoms. The maximum Gasteiger partial charge on any atom is 0.262 e. The number of amides is 2. The number of carbonyl (C=O) groups excluding carboxylic acids is 2. The van der Waals surface area contributed by atoms with E-state index in [1.54, 1.807) is 50.6 Å². The SMILES string of the molecule is CCCOc1ccc(C=NNC(=O)C(NC(=O)c2ccc(OC)cc2)C(C)C)cc1OC. The number of hydrogen-bond acceptors (Lipinski definition) is 6. The summed E-state index contributed by atoms with van der Waals surface area (Å²) in [6, 6.07) is 11.3. The number of rotatable bonds is 11. The van der Waals surface area contributed by atoms with Crippen molar-refractivity contribution in [3.05, 3.63) is 53.6 Å². The maximum atomic E-state index is 12.6. The Labute approximate surface area is 188 Å². The van der Waals surface area contributed by atoms with Crippen LogP contribution in [0.4, 0.5) is 0 Å². The van der Waals surface area contributed by atoms with E-state index in [1.165, 1.54) is 6.21 Å². The predicted octanol–water partition coefficient (Wildman–Crippen LogP) is 3.40. The number of benzene rings is 2. The molecule has 0 spiro atoms. The van der Waals surface area contributed by atoms with Crippen LogP contribution in [-0.2, 0) is 4.79 Å². The normalized spacial score (nSPS) is 11.8. The van der Waals surface area contributed by atoms with Gasteiger partial charge in [-0.1, -0.05) is 20.8 Å². The van der Waals surface area contributed by atoms with Crippen LogP contribution in [0.2, 0.25) is 0 Å². The van der Waals surface area contributed by atoms with Crippen LogP contribution in [0, 0.1) is 5.92 Å². The fraction of sp³-hybridized carbons (Fsp3) is 0.375. The summed E-state index contributed by atoms with van der Waals surface area (Å²) >= 11 is 0. The van der Waals surface area contributed by atoms with E-state index in [0.717, 1.165) is 12.0 Å². The summed E-state index contributed by atoms with van der Waals surface area (Å²) in [6.07, 6.45) is 2.40. The van der Waals surface area contributed by atoms with Gasteiger partial charge >= 0.3 is 0 Å². The fourth-order valence-corrected chi connectivity index (χ4v) is 2.84. The molecular weight excluding hydrogens is 410 g/mol. The van der Waals surface area contributed by atoms with Crippen LogP contribution in [-0.4, -0.2) is 44.9 Å². The maximum absolute atomic E-state index is 12.6. The highest BCUT2D eigenvalue weighted by Crippen LogP contribution is 2.27. The number of ether oxygens (including phenoxy) is 3. The average molecular weight is 442 g/mol. The van der Waals surface area contributed by atoms with Gasteiger partial charge in [-0.3, -0.25) is 9.59 Å². The first-order valence-corrected chi connectivity index (χ1v) is 10.5. The molecule has 0 saturated heterocycles. The minimum absolute atomic E-state index is 0.137. The summed E-state index contributed by atoms with van der Waals surface area (Å²) in [5.41, 5.74) is 3.66. The van der Waals surface area contributed by atoms with Crippen molar-refractivity contribution in [2.45, 2.75) is 33.2 Å². The Morgan fingerprint density at radius 3 is 2.34 bits per heavy atom. The second-order valence-electron chi connectivity index (χ2n) is 7.42. The molecule has 0 aliphatic heterocycles. The van der Waals surface area contributed by atoms with Gasteiger partial charge in [0.15, 0.2) is 11.5 Å². The third kappa shape index (κ3) is 7.01. The third-order valence-electron chi connectivity index (χ3n) is 4.63. The van der Waals surface area contributed by atoms with Gasteiger partial charge in [0, 0.05) is 5.56 Å². The van der Waals surface area contributed by atoms with Crippen molar-refractivity contribution >= 4 is 18.0 Å². The average Bonchev–Trinajstić information content (AvgIpc) is 2.81. The number of hydrogen-bond donors (Lipinski definition) is 2. The highest BCUT2D eigenvalue weighted by atomic mass is 16.5. The van der Waals surface area contributed by atoms with Gasteiger partial charge in [0.1, 0.15) is 11.8 Å². The Morgan fingerprint density at radius 1 is 1.03 bits per heavy atom. The van der Waals surface area contributed by atoms with Crippen LogP contribution < -0.4 is 25.0 Å². The number of nitrogens with one attached hydrogen (secondary N) is 2. The van der Waals surface area contributed by atoms with Gasteiger partial charge in [0.25, 0.3) is 11.8 Å². The van der Waals surface area contributed by atoms with E-state index in [0.29, 0.717) is 29.4 Å². The van der Waals surface area contributed by atoms with Crippen molar-refractivity contribution in [1.29, 1.82) is 0 Å². The van der Waals surface area contributed by atoms with Crippen LogP contribution in [0.5, 0.6) is 17.2 Å². The number of methoxy groups -OCH3 is 2. The van der Waals surface area contributed by atoms with Crippen LogP contribution in [0.25, 0.3) is 0 Å². The molecule has 8 nitrogen and oxygen atoms in total. The number of carbonyl (C=O) groups is 2. The highest BCUT2D eigenvalue weighted by Gasteiger charge is 2.24. The number of hydrazone groups is 1. The Bertz CT molecular complexity index is 926.